The Morgan fingerprint density at radius 2 is 2.05 bits per heavy atom. The highest BCUT2D eigenvalue weighted by atomic mass is 32.1. The van der Waals surface area contributed by atoms with E-state index in [0.29, 0.717) is 6.42 Å². The summed E-state index contributed by atoms with van der Waals surface area (Å²) in [6.07, 6.45) is 0.0663. The minimum Gasteiger partial charge on any atom is -0.388 e. The highest BCUT2D eigenvalue weighted by Crippen LogP contribution is 2.29. The monoisotopic (exact) mass is 300 g/mol. The Labute approximate surface area is 128 Å². The molecule has 0 aliphatic carbocycles. The van der Waals surface area contributed by atoms with E-state index in [-0.39, 0.29) is 0 Å². The van der Waals surface area contributed by atoms with E-state index in [0.717, 1.165) is 29.0 Å². The van der Waals surface area contributed by atoms with Gasteiger partial charge in [0, 0.05) is 22.7 Å². The van der Waals surface area contributed by atoms with E-state index >= 15 is 0 Å². The van der Waals surface area contributed by atoms with Gasteiger partial charge in [0.15, 0.2) is 0 Å². The molecule has 0 amide bonds. The standard InChI is InChI=1S/C17H20N2OS/c1-4-19-15-8-6-5-7-14(15)18-17(19)10-16(20)13-9-11(2)21-12(13)3/h5-9,16,20H,4,10H2,1-3H3. The molecule has 1 unspecified atom stereocenters. The van der Waals surface area contributed by atoms with Gasteiger partial charge in [-0.2, -0.15) is 0 Å². The van der Waals surface area contributed by atoms with Crippen molar-refractivity contribution < 1.29 is 5.11 Å². The Morgan fingerprint density at radius 3 is 2.71 bits per heavy atom. The number of imidazole rings is 1. The Bertz CT molecular complexity index is 772. The molecule has 21 heavy (non-hydrogen) atoms. The molecule has 3 nitrogen and oxygen atoms in total. The van der Waals surface area contributed by atoms with Crippen LogP contribution in [0.5, 0.6) is 0 Å². The molecular formula is C17H20N2OS. The average Bonchev–Trinajstić information content (AvgIpc) is 2.97. The summed E-state index contributed by atoms with van der Waals surface area (Å²) in [6, 6.07) is 10.2. The Kier molecular flexibility index (Phi) is 3.83. The number of hydrogen-bond acceptors (Lipinski definition) is 3. The summed E-state index contributed by atoms with van der Waals surface area (Å²) in [5, 5.41) is 10.6. The number of aryl methyl sites for hydroxylation is 3. The van der Waals surface area contributed by atoms with Crippen molar-refractivity contribution in [3.05, 3.63) is 51.5 Å². The molecule has 0 bridgehead atoms. The third kappa shape index (κ3) is 2.61. The summed E-state index contributed by atoms with van der Waals surface area (Å²) in [5.74, 6) is 0.953. The second kappa shape index (κ2) is 5.62. The maximum Gasteiger partial charge on any atom is 0.112 e. The van der Waals surface area contributed by atoms with Gasteiger partial charge in [0.25, 0.3) is 0 Å². The average molecular weight is 300 g/mol. The van der Waals surface area contributed by atoms with Crippen LogP contribution < -0.4 is 0 Å². The smallest absolute Gasteiger partial charge is 0.112 e. The molecule has 1 N–H and O–H groups in total. The third-order valence-electron chi connectivity index (χ3n) is 3.86. The fourth-order valence-electron chi connectivity index (χ4n) is 2.90. The van der Waals surface area contributed by atoms with Crippen molar-refractivity contribution in [1.29, 1.82) is 0 Å². The molecule has 110 valence electrons. The number of aliphatic hydroxyl groups excluding tert-OH is 1. The van der Waals surface area contributed by atoms with Crippen LogP contribution in [0, 0.1) is 13.8 Å². The quantitative estimate of drug-likeness (QED) is 0.790. The minimum atomic E-state index is -0.489. The molecule has 0 saturated heterocycles. The van der Waals surface area contributed by atoms with Crippen molar-refractivity contribution in [3.8, 4) is 0 Å². The fraction of sp³-hybridized carbons (Fsp3) is 0.353. The first-order valence-electron chi connectivity index (χ1n) is 7.29. The predicted molar refractivity (Wildman–Crippen MR) is 87.9 cm³/mol. The number of fused-ring (bicyclic) bond motifs is 1. The molecule has 0 radical (unpaired) electrons. The van der Waals surface area contributed by atoms with Crippen LogP contribution in [0.15, 0.2) is 30.3 Å². The SMILES string of the molecule is CCn1c(CC(O)c2cc(C)sc2C)nc2ccccc21. The Morgan fingerprint density at radius 1 is 1.29 bits per heavy atom. The second-order valence-electron chi connectivity index (χ2n) is 5.35. The molecule has 2 aromatic heterocycles. The van der Waals surface area contributed by atoms with Crippen LogP contribution in [0.4, 0.5) is 0 Å². The van der Waals surface area contributed by atoms with Crippen molar-refractivity contribution in [1.82, 2.24) is 9.55 Å². The first kappa shape index (κ1) is 14.3. The van der Waals surface area contributed by atoms with E-state index in [1.165, 1.54) is 9.75 Å². The lowest BCUT2D eigenvalue weighted by Gasteiger charge is -2.11. The minimum absolute atomic E-state index is 0.489. The van der Waals surface area contributed by atoms with Gasteiger partial charge in [0.05, 0.1) is 17.1 Å². The summed E-state index contributed by atoms with van der Waals surface area (Å²) in [7, 11) is 0. The Balaban J connectivity index is 1.96. The maximum atomic E-state index is 10.6. The molecule has 0 aliphatic heterocycles. The van der Waals surface area contributed by atoms with Crippen LogP contribution in [0.25, 0.3) is 11.0 Å². The zero-order chi connectivity index (χ0) is 15.0. The lowest BCUT2D eigenvalue weighted by molar-refractivity contribution is 0.174. The number of aromatic nitrogens is 2. The fourth-order valence-corrected chi connectivity index (χ4v) is 3.88. The lowest BCUT2D eigenvalue weighted by Crippen LogP contribution is -2.08. The number of nitrogens with zero attached hydrogens (tertiary/aromatic N) is 2. The predicted octanol–water partition coefficient (Wildman–Crippen LogP) is 4.01. The summed E-state index contributed by atoms with van der Waals surface area (Å²) in [5.41, 5.74) is 3.17. The number of para-hydroxylation sites is 2. The second-order valence-corrected chi connectivity index (χ2v) is 6.81. The van der Waals surface area contributed by atoms with Crippen LogP contribution in [-0.2, 0) is 13.0 Å². The van der Waals surface area contributed by atoms with Crippen LogP contribution in [0.1, 0.15) is 34.2 Å². The largest absolute Gasteiger partial charge is 0.388 e. The van der Waals surface area contributed by atoms with Crippen molar-refractivity contribution in [2.75, 3.05) is 0 Å². The lowest BCUT2D eigenvalue weighted by atomic mass is 10.1. The molecule has 1 atom stereocenters. The van der Waals surface area contributed by atoms with Crippen molar-refractivity contribution in [2.24, 2.45) is 0 Å². The van der Waals surface area contributed by atoms with Gasteiger partial charge in [-0.25, -0.2) is 4.98 Å². The molecule has 0 spiro atoms. The van der Waals surface area contributed by atoms with E-state index in [1.54, 1.807) is 11.3 Å². The Hall–Kier alpha value is -1.65. The zero-order valence-electron chi connectivity index (χ0n) is 12.6. The first-order valence-corrected chi connectivity index (χ1v) is 8.11. The third-order valence-corrected chi connectivity index (χ3v) is 4.85. The number of hydrogen-bond donors (Lipinski definition) is 1. The number of aliphatic hydroxyl groups is 1. The van der Waals surface area contributed by atoms with Gasteiger partial charge in [-0.1, -0.05) is 12.1 Å². The molecular weight excluding hydrogens is 280 g/mol. The van der Waals surface area contributed by atoms with E-state index < -0.39 is 6.10 Å². The van der Waals surface area contributed by atoms with Crippen LogP contribution in [-0.4, -0.2) is 14.7 Å². The molecule has 0 fully saturated rings. The van der Waals surface area contributed by atoms with Crippen molar-refractivity contribution >= 4 is 22.4 Å². The zero-order valence-corrected chi connectivity index (χ0v) is 13.4. The number of rotatable bonds is 4. The van der Waals surface area contributed by atoms with E-state index in [2.05, 4.69) is 37.5 Å². The van der Waals surface area contributed by atoms with Crippen LogP contribution >= 0.6 is 11.3 Å². The van der Waals surface area contributed by atoms with Gasteiger partial charge in [-0.15, -0.1) is 11.3 Å². The summed E-state index contributed by atoms with van der Waals surface area (Å²) in [6.45, 7) is 7.13. The van der Waals surface area contributed by atoms with Gasteiger partial charge >= 0.3 is 0 Å². The first-order chi connectivity index (χ1) is 10.1. The molecule has 2 heterocycles. The van der Waals surface area contributed by atoms with Gasteiger partial charge in [0.2, 0.25) is 0 Å². The number of thiophene rings is 1. The van der Waals surface area contributed by atoms with Gasteiger partial charge in [-0.3, -0.25) is 0 Å². The number of benzene rings is 1. The van der Waals surface area contributed by atoms with Crippen LogP contribution in [0.2, 0.25) is 0 Å². The summed E-state index contributed by atoms with van der Waals surface area (Å²) < 4.78 is 2.19. The molecule has 0 aliphatic rings. The summed E-state index contributed by atoms with van der Waals surface area (Å²) >= 11 is 1.74. The van der Waals surface area contributed by atoms with Crippen molar-refractivity contribution in [3.63, 3.8) is 0 Å². The molecule has 3 aromatic rings. The molecule has 0 saturated carbocycles. The van der Waals surface area contributed by atoms with Gasteiger partial charge in [-0.05, 0) is 44.5 Å². The van der Waals surface area contributed by atoms with Gasteiger partial charge < -0.3 is 9.67 Å². The molecule has 1 aromatic carbocycles. The van der Waals surface area contributed by atoms with Gasteiger partial charge in [0.1, 0.15) is 5.82 Å². The van der Waals surface area contributed by atoms with Crippen molar-refractivity contribution in [2.45, 2.75) is 39.8 Å². The summed E-state index contributed by atoms with van der Waals surface area (Å²) in [4.78, 5) is 7.13. The highest BCUT2D eigenvalue weighted by Gasteiger charge is 2.18. The van der Waals surface area contributed by atoms with Crippen LogP contribution in [0.3, 0.4) is 0 Å². The molecule has 4 heteroatoms. The molecule has 3 rings (SSSR count). The van der Waals surface area contributed by atoms with E-state index in [9.17, 15) is 5.11 Å². The topological polar surface area (TPSA) is 38.0 Å². The normalized spacial score (nSPS) is 13.0. The highest BCUT2D eigenvalue weighted by molar-refractivity contribution is 7.12. The van der Waals surface area contributed by atoms with E-state index in [1.807, 2.05) is 18.2 Å². The van der Waals surface area contributed by atoms with E-state index in [4.69, 9.17) is 4.98 Å². The maximum absolute atomic E-state index is 10.6.